The average molecular weight is 141 g/mol. The molecule has 1 atom stereocenters. The monoisotopic (exact) mass is 141 g/mol. The Kier molecular flexibility index (Phi) is 4.08. The lowest BCUT2D eigenvalue weighted by molar-refractivity contribution is -0.113. The van der Waals surface area contributed by atoms with Crippen molar-refractivity contribution >= 4 is 17.7 Å². The van der Waals surface area contributed by atoms with Gasteiger partial charge in [-0.15, -0.1) is 12.3 Å². The zero-order chi connectivity index (χ0) is 7.28. The van der Waals surface area contributed by atoms with E-state index in [4.69, 9.17) is 6.42 Å². The first kappa shape index (κ1) is 8.45. The fraction of sp³-hybridized carbons (Fsp3) is 0.571. The molecule has 0 aromatic carbocycles. The van der Waals surface area contributed by atoms with Crippen molar-refractivity contribution in [3.63, 3.8) is 0 Å². The Balaban J connectivity index is 3.41. The SMILES string of the molecule is C#CCCC(C)C(=O)[S]. The highest BCUT2D eigenvalue weighted by Crippen LogP contribution is 2.07. The maximum atomic E-state index is 10.4. The number of carbonyl (C=O) groups excluding carboxylic acids is 1. The van der Waals surface area contributed by atoms with Crippen LogP contribution in [-0.2, 0) is 4.79 Å². The first-order valence-corrected chi connectivity index (χ1v) is 3.23. The molecule has 0 aliphatic rings. The highest BCUT2D eigenvalue weighted by atomic mass is 32.1. The van der Waals surface area contributed by atoms with E-state index in [2.05, 4.69) is 18.5 Å². The third-order valence-corrected chi connectivity index (χ3v) is 1.53. The highest BCUT2D eigenvalue weighted by molar-refractivity contribution is 7.96. The second kappa shape index (κ2) is 4.34. The van der Waals surface area contributed by atoms with Crippen molar-refractivity contribution in [2.75, 3.05) is 0 Å². The Morgan fingerprint density at radius 1 is 1.89 bits per heavy atom. The molecule has 1 unspecified atom stereocenters. The second-order valence-corrected chi connectivity index (χ2v) is 2.37. The van der Waals surface area contributed by atoms with Gasteiger partial charge in [0.1, 0.15) is 0 Å². The molecule has 0 rings (SSSR count). The topological polar surface area (TPSA) is 17.1 Å². The summed E-state index contributed by atoms with van der Waals surface area (Å²) in [4.78, 5) is 10.4. The van der Waals surface area contributed by atoms with Crippen LogP contribution in [0, 0.1) is 18.3 Å². The van der Waals surface area contributed by atoms with Crippen LogP contribution in [0.4, 0.5) is 0 Å². The van der Waals surface area contributed by atoms with Crippen LogP contribution in [0.15, 0.2) is 0 Å². The zero-order valence-corrected chi connectivity index (χ0v) is 6.20. The van der Waals surface area contributed by atoms with Crippen molar-refractivity contribution in [2.24, 2.45) is 5.92 Å². The average Bonchev–Trinajstić information content (AvgIpc) is 1.82. The molecule has 0 fully saturated rings. The molecule has 0 heterocycles. The van der Waals surface area contributed by atoms with Gasteiger partial charge in [0, 0.05) is 12.3 Å². The summed E-state index contributed by atoms with van der Waals surface area (Å²) in [5, 5.41) is -0.190. The molecule has 0 saturated heterocycles. The third-order valence-electron chi connectivity index (χ3n) is 1.12. The normalized spacial score (nSPS) is 12.0. The maximum Gasteiger partial charge on any atom is 0.221 e. The summed E-state index contributed by atoms with van der Waals surface area (Å²) in [5.74, 6) is 2.41. The summed E-state index contributed by atoms with van der Waals surface area (Å²) in [7, 11) is 0. The van der Waals surface area contributed by atoms with Crippen LogP contribution < -0.4 is 0 Å². The van der Waals surface area contributed by atoms with E-state index in [1.807, 2.05) is 0 Å². The Morgan fingerprint density at radius 2 is 2.44 bits per heavy atom. The molecule has 9 heavy (non-hydrogen) atoms. The third kappa shape index (κ3) is 3.99. The van der Waals surface area contributed by atoms with E-state index < -0.39 is 0 Å². The van der Waals surface area contributed by atoms with Gasteiger partial charge in [-0.3, -0.25) is 4.79 Å². The van der Waals surface area contributed by atoms with Crippen molar-refractivity contribution in [3.05, 3.63) is 0 Å². The summed E-state index contributed by atoms with van der Waals surface area (Å²) in [6.07, 6.45) is 6.35. The molecule has 0 spiro atoms. The van der Waals surface area contributed by atoms with Gasteiger partial charge in [-0.2, -0.15) is 0 Å². The predicted molar refractivity (Wildman–Crippen MR) is 39.8 cm³/mol. The molecule has 49 valence electrons. The quantitative estimate of drug-likeness (QED) is 0.547. The lowest BCUT2D eigenvalue weighted by Crippen LogP contribution is -2.02. The first-order valence-electron chi connectivity index (χ1n) is 2.82. The zero-order valence-electron chi connectivity index (χ0n) is 5.39. The molecule has 2 heteroatoms. The Bertz CT molecular complexity index is 134. The molecule has 0 bridgehead atoms. The number of rotatable bonds is 3. The lowest BCUT2D eigenvalue weighted by Gasteiger charge is -1.99. The van der Waals surface area contributed by atoms with Crippen LogP contribution in [0.1, 0.15) is 19.8 Å². The highest BCUT2D eigenvalue weighted by Gasteiger charge is 2.07. The standard InChI is InChI=1S/C7H9OS/c1-3-4-5-6(2)7(8)9/h1,6H,4-5H2,2H3. The summed E-state index contributed by atoms with van der Waals surface area (Å²) in [6, 6.07) is 0. The van der Waals surface area contributed by atoms with Crippen molar-refractivity contribution in [1.29, 1.82) is 0 Å². The van der Waals surface area contributed by atoms with E-state index in [0.717, 1.165) is 6.42 Å². The minimum Gasteiger partial charge on any atom is -0.282 e. The predicted octanol–water partition coefficient (Wildman–Crippen LogP) is 1.76. The van der Waals surface area contributed by atoms with Crippen molar-refractivity contribution < 1.29 is 4.79 Å². The van der Waals surface area contributed by atoms with Gasteiger partial charge >= 0.3 is 0 Å². The van der Waals surface area contributed by atoms with Crippen LogP contribution in [0.5, 0.6) is 0 Å². The van der Waals surface area contributed by atoms with Crippen molar-refractivity contribution in [1.82, 2.24) is 0 Å². The molecule has 0 saturated carbocycles. The Labute approximate surface area is 61.2 Å². The molecule has 1 radical (unpaired) electrons. The van der Waals surface area contributed by atoms with Gasteiger partial charge in [0.05, 0.1) is 0 Å². The number of hydrogen-bond acceptors (Lipinski definition) is 1. The lowest BCUT2D eigenvalue weighted by atomic mass is 10.1. The molecule has 0 aliphatic heterocycles. The second-order valence-electron chi connectivity index (χ2n) is 1.96. The Hall–Kier alpha value is -0.550. The first-order chi connectivity index (χ1) is 4.18. The van der Waals surface area contributed by atoms with Crippen molar-refractivity contribution in [2.45, 2.75) is 19.8 Å². The van der Waals surface area contributed by atoms with E-state index >= 15 is 0 Å². The molecule has 0 aromatic heterocycles. The molecule has 0 N–H and O–H groups in total. The molecule has 0 aliphatic carbocycles. The van der Waals surface area contributed by atoms with Gasteiger partial charge < -0.3 is 0 Å². The fourth-order valence-corrected chi connectivity index (χ4v) is 0.536. The van der Waals surface area contributed by atoms with Gasteiger partial charge in [-0.1, -0.05) is 6.92 Å². The van der Waals surface area contributed by atoms with Crippen LogP contribution in [0.3, 0.4) is 0 Å². The largest absolute Gasteiger partial charge is 0.282 e. The summed E-state index contributed by atoms with van der Waals surface area (Å²) in [5.41, 5.74) is 0. The van der Waals surface area contributed by atoms with E-state index in [0.29, 0.717) is 6.42 Å². The Morgan fingerprint density at radius 3 is 2.78 bits per heavy atom. The fourth-order valence-electron chi connectivity index (χ4n) is 0.418. The van der Waals surface area contributed by atoms with Gasteiger partial charge in [0.2, 0.25) is 5.12 Å². The van der Waals surface area contributed by atoms with Gasteiger partial charge in [-0.25, -0.2) is 0 Å². The summed E-state index contributed by atoms with van der Waals surface area (Å²) in [6.45, 7) is 1.80. The van der Waals surface area contributed by atoms with Crippen LogP contribution >= 0.6 is 12.6 Å². The number of hydrogen-bond donors (Lipinski definition) is 0. The van der Waals surface area contributed by atoms with E-state index in [1.165, 1.54) is 0 Å². The van der Waals surface area contributed by atoms with Crippen molar-refractivity contribution in [3.8, 4) is 12.3 Å². The van der Waals surface area contributed by atoms with Crippen LogP contribution in [-0.4, -0.2) is 5.12 Å². The smallest absolute Gasteiger partial charge is 0.221 e. The number of terminal acetylenes is 1. The van der Waals surface area contributed by atoms with Gasteiger partial charge in [-0.05, 0) is 19.0 Å². The van der Waals surface area contributed by atoms with Gasteiger partial charge in [0.25, 0.3) is 0 Å². The van der Waals surface area contributed by atoms with Crippen LogP contribution in [0.2, 0.25) is 0 Å². The minimum absolute atomic E-state index is 0.0453. The van der Waals surface area contributed by atoms with Gasteiger partial charge in [0.15, 0.2) is 0 Å². The van der Waals surface area contributed by atoms with E-state index in [-0.39, 0.29) is 11.0 Å². The molecule has 0 amide bonds. The summed E-state index contributed by atoms with van der Waals surface area (Å²) >= 11 is 4.41. The molecule has 1 nitrogen and oxygen atoms in total. The van der Waals surface area contributed by atoms with E-state index in [1.54, 1.807) is 6.92 Å². The minimum atomic E-state index is -0.190. The number of carbonyl (C=O) groups is 1. The summed E-state index contributed by atoms with van der Waals surface area (Å²) < 4.78 is 0. The molecular formula is C7H9OS. The maximum absolute atomic E-state index is 10.4. The van der Waals surface area contributed by atoms with E-state index in [9.17, 15) is 4.79 Å². The molecular weight excluding hydrogens is 132 g/mol. The molecule has 0 aromatic rings. The van der Waals surface area contributed by atoms with Crippen LogP contribution in [0.25, 0.3) is 0 Å².